The summed E-state index contributed by atoms with van der Waals surface area (Å²) in [6, 6.07) is 0.410. The van der Waals surface area contributed by atoms with Crippen LogP contribution in [0.1, 0.15) is 27.7 Å². The van der Waals surface area contributed by atoms with Crippen LogP contribution in [0.4, 0.5) is 0 Å². The van der Waals surface area contributed by atoms with Gasteiger partial charge in [0.05, 0.1) is 6.10 Å². The van der Waals surface area contributed by atoms with Crippen molar-refractivity contribution in [2.75, 3.05) is 14.2 Å². The number of rotatable bonds is 3. The molecule has 0 spiro atoms. The van der Waals surface area contributed by atoms with Crippen LogP contribution in [0, 0.1) is 5.41 Å². The predicted molar refractivity (Wildman–Crippen MR) is 48.8 cm³/mol. The van der Waals surface area contributed by atoms with Gasteiger partial charge < -0.3 is 10.1 Å². The first kappa shape index (κ1) is 10.9. The molecule has 0 aliphatic carbocycles. The molecule has 0 aromatic rings. The fourth-order valence-electron chi connectivity index (χ4n) is 1.51. The zero-order valence-electron chi connectivity index (χ0n) is 8.56. The maximum atomic E-state index is 5.27. The van der Waals surface area contributed by atoms with Crippen molar-refractivity contribution in [2.24, 2.45) is 5.41 Å². The Morgan fingerprint density at radius 3 is 1.82 bits per heavy atom. The summed E-state index contributed by atoms with van der Waals surface area (Å²) < 4.78 is 5.27. The molecule has 2 atom stereocenters. The van der Waals surface area contributed by atoms with E-state index in [0.717, 1.165) is 0 Å². The number of methoxy groups -OCH3 is 1. The van der Waals surface area contributed by atoms with Crippen molar-refractivity contribution in [3.05, 3.63) is 0 Å². The molecule has 0 bridgehead atoms. The highest BCUT2D eigenvalue weighted by Crippen LogP contribution is 2.22. The van der Waals surface area contributed by atoms with E-state index < -0.39 is 0 Å². The maximum absolute atomic E-state index is 5.27. The molecule has 0 amide bonds. The van der Waals surface area contributed by atoms with E-state index in [1.807, 2.05) is 7.05 Å². The summed E-state index contributed by atoms with van der Waals surface area (Å²) in [7, 11) is 3.73. The highest BCUT2D eigenvalue weighted by Gasteiger charge is 2.27. The van der Waals surface area contributed by atoms with Gasteiger partial charge in [0, 0.05) is 13.2 Å². The average molecular weight is 159 g/mol. The van der Waals surface area contributed by atoms with Gasteiger partial charge in [-0.25, -0.2) is 0 Å². The van der Waals surface area contributed by atoms with Crippen molar-refractivity contribution in [1.82, 2.24) is 5.32 Å². The van der Waals surface area contributed by atoms with E-state index in [-0.39, 0.29) is 11.5 Å². The summed E-state index contributed by atoms with van der Waals surface area (Å²) in [5.41, 5.74) is 0.254. The Bertz CT molecular complexity index is 107. The minimum absolute atomic E-state index is 0.254. The number of likely N-dealkylation sites (N-methyl/N-ethyl adjacent to an activating group) is 1. The molecule has 0 aliphatic heterocycles. The predicted octanol–water partition coefficient (Wildman–Crippen LogP) is 1.66. The summed E-state index contributed by atoms with van der Waals surface area (Å²) in [4.78, 5) is 0. The zero-order valence-corrected chi connectivity index (χ0v) is 8.56. The molecule has 11 heavy (non-hydrogen) atoms. The SMILES string of the molecule is CNC(C(C)OC)C(C)(C)C. The van der Waals surface area contributed by atoms with Gasteiger partial charge in [-0.1, -0.05) is 20.8 Å². The molecule has 2 unspecified atom stereocenters. The summed E-state index contributed by atoms with van der Waals surface area (Å²) >= 11 is 0. The van der Waals surface area contributed by atoms with E-state index >= 15 is 0 Å². The molecule has 0 saturated carbocycles. The minimum Gasteiger partial charge on any atom is -0.380 e. The first-order valence-electron chi connectivity index (χ1n) is 4.13. The molecular weight excluding hydrogens is 138 g/mol. The maximum Gasteiger partial charge on any atom is 0.0701 e. The Kier molecular flexibility index (Phi) is 4.04. The van der Waals surface area contributed by atoms with Gasteiger partial charge in [0.25, 0.3) is 0 Å². The van der Waals surface area contributed by atoms with Gasteiger partial charge in [-0.05, 0) is 19.4 Å². The third-order valence-electron chi connectivity index (χ3n) is 2.09. The fourth-order valence-corrected chi connectivity index (χ4v) is 1.51. The summed E-state index contributed by atoms with van der Waals surface area (Å²) in [6.07, 6.45) is 0.264. The highest BCUT2D eigenvalue weighted by molar-refractivity contribution is 4.83. The number of ether oxygens (including phenoxy) is 1. The lowest BCUT2D eigenvalue weighted by Crippen LogP contribution is -2.46. The Hall–Kier alpha value is -0.0800. The van der Waals surface area contributed by atoms with Crippen LogP contribution in [0.25, 0.3) is 0 Å². The van der Waals surface area contributed by atoms with E-state index in [0.29, 0.717) is 6.04 Å². The molecule has 0 rings (SSSR count). The van der Waals surface area contributed by atoms with Crippen LogP contribution in [-0.4, -0.2) is 26.3 Å². The largest absolute Gasteiger partial charge is 0.380 e. The average Bonchev–Trinajstić information content (AvgIpc) is 1.86. The quantitative estimate of drug-likeness (QED) is 0.676. The van der Waals surface area contributed by atoms with Crippen LogP contribution < -0.4 is 5.32 Å². The van der Waals surface area contributed by atoms with E-state index in [1.54, 1.807) is 7.11 Å². The smallest absolute Gasteiger partial charge is 0.0701 e. The summed E-state index contributed by atoms with van der Waals surface area (Å²) in [5.74, 6) is 0. The van der Waals surface area contributed by atoms with E-state index in [9.17, 15) is 0 Å². The van der Waals surface area contributed by atoms with Crippen LogP contribution >= 0.6 is 0 Å². The van der Waals surface area contributed by atoms with Gasteiger partial charge in [-0.15, -0.1) is 0 Å². The highest BCUT2D eigenvalue weighted by atomic mass is 16.5. The molecule has 0 aromatic heterocycles. The number of hydrogen-bond acceptors (Lipinski definition) is 2. The lowest BCUT2D eigenvalue weighted by molar-refractivity contribution is 0.0452. The fraction of sp³-hybridized carbons (Fsp3) is 1.00. The van der Waals surface area contributed by atoms with Crippen molar-refractivity contribution in [3.63, 3.8) is 0 Å². The van der Waals surface area contributed by atoms with Gasteiger partial charge in [-0.3, -0.25) is 0 Å². The van der Waals surface area contributed by atoms with Gasteiger partial charge in [-0.2, -0.15) is 0 Å². The molecular formula is C9H21NO. The topological polar surface area (TPSA) is 21.3 Å². The van der Waals surface area contributed by atoms with Crippen LogP contribution in [0.5, 0.6) is 0 Å². The molecule has 0 radical (unpaired) electrons. The minimum atomic E-state index is 0.254. The van der Waals surface area contributed by atoms with Crippen molar-refractivity contribution in [1.29, 1.82) is 0 Å². The molecule has 0 saturated heterocycles. The second-order valence-electron chi connectivity index (χ2n) is 4.07. The molecule has 0 fully saturated rings. The normalized spacial score (nSPS) is 18.0. The molecule has 1 N–H and O–H groups in total. The van der Waals surface area contributed by atoms with Crippen molar-refractivity contribution in [2.45, 2.75) is 39.8 Å². The van der Waals surface area contributed by atoms with Gasteiger partial charge in [0.2, 0.25) is 0 Å². The molecule has 0 heterocycles. The van der Waals surface area contributed by atoms with Crippen LogP contribution in [0.2, 0.25) is 0 Å². The first-order chi connectivity index (χ1) is 4.93. The van der Waals surface area contributed by atoms with E-state index in [1.165, 1.54) is 0 Å². The molecule has 2 heteroatoms. The molecule has 0 aliphatic rings. The summed E-state index contributed by atoms with van der Waals surface area (Å²) in [6.45, 7) is 8.73. The Morgan fingerprint density at radius 1 is 1.27 bits per heavy atom. The standard InChI is InChI=1S/C9H21NO/c1-7(11-6)8(10-5)9(2,3)4/h7-8,10H,1-6H3. The monoisotopic (exact) mass is 159 g/mol. The van der Waals surface area contributed by atoms with Crippen LogP contribution in [0.3, 0.4) is 0 Å². The van der Waals surface area contributed by atoms with E-state index in [4.69, 9.17) is 4.74 Å². The Balaban J connectivity index is 4.16. The molecule has 68 valence electrons. The van der Waals surface area contributed by atoms with Crippen molar-refractivity contribution in [3.8, 4) is 0 Å². The third kappa shape index (κ3) is 3.21. The number of hydrogen-bond donors (Lipinski definition) is 1. The Labute approximate surface area is 70.3 Å². The van der Waals surface area contributed by atoms with Crippen molar-refractivity contribution >= 4 is 0 Å². The summed E-state index contributed by atoms with van der Waals surface area (Å²) in [5, 5.41) is 3.27. The number of nitrogens with one attached hydrogen (secondary N) is 1. The van der Waals surface area contributed by atoms with Crippen molar-refractivity contribution < 1.29 is 4.74 Å². The third-order valence-corrected chi connectivity index (χ3v) is 2.09. The Morgan fingerprint density at radius 2 is 1.73 bits per heavy atom. The lowest BCUT2D eigenvalue weighted by atomic mass is 9.84. The van der Waals surface area contributed by atoms with Crippen LogP contribution in [0.15, 0.2) is 0 Å². The second kappa shape index (κ2) is 4.07. The zero-order chi connectivity index (χ0) is 9.07. The van der Waals surface area contributed by atoms with Gasteiger partial charge >= 0.3 is 0 Å². The lowest BCUT2D eigenvalue weighted by Gasteiger charge is -2.34. The molecule has 0 aromatic carbocycles. The first-order valence-corrected chi connectivity index (χ1v) is 4.13. The molecule has 2 nitrogen and oxygen atoms in total. The second-order valence-corrected chi connectivity index (χ2v) is 4.07. The van der Waals surface area contributed by atoms with Gasteiger partial charge in [0.15, 0.2) is 0 Å². The van der Waals surface area contributed by atoms with Crippen LogP contribution in [-0.2, 0) is 4.74 Å². The van der Waals surface area contributed by atoms with Gasteiger partial charge in [0.1, 0.15) is 0 Å². The van der Waals surface area contributed by atoms with E-state index in [2.05, 4.69) is 33.0 Å².